The number of carbonyl (C=O) groups is 1. The van der Waals surface area contributed by atoms with Gasteiger partial charge in [-0.25, -0.2) is 5.43 Å². The molecule has 3 nitrogen and oxygen atoms in total. The number of unbranched alkanes of at least 4 members (excludes halogenated alkanes) is 3. The highest BCUT2D eigenvalue weighted by molar-refractivity contribution is 7.12. The number of carbonyl (C=O) groups excluding carboxylic acids is 1. The Labute approximate surface area is 107 Å². The smallest absolute Gasteiger partial charge is 0.240 e. The predicted octanol–water partition coefficient (Wildman–Crippen LogP) is 3.56. The van der Waals surface area contributed by atoms with Crippen LogP contribution < -0.4 is 5.43 Å². The molecule has 0 aliphatic carbocycles. The van der Waals surface area contributed by atoms with Gasteiger partial charge in [0, 0.05) is 11.3 Å². The third-order valence-corrected chi connectivity index (χ3v) is 3.46. The second-order valence-corrected chi connectivity index (χ2v) is 4.97. The molecule has 0 spiro atoms. The van der Waals surface area contributed by atoms with Crippen LogP contribution in [-0.2, 0) is 4.79 Å². The molecule has 0 fully saturated rings. The number of thiophene rings is 1. The van der Waals surface area contributed by atoms with E-state index in [1.165, 1.54) is 12.8 Å². The van der Waals surface area contributed by atoms with Crippen molar-refractivity contribution in [2.75, 3.05) is 0 Å². The maximum absolute atomic E-state index is 11.5. The highest BCUT2D eigenvalue weighted by Crippen LogP contribution is 2.09. The van der Waals surface area contributed by atoms with Gasteiger partial charge in [-0.1, -0.05) is 32.3 Å². The summed E-state index contributed by atoms with van der Waals surface area (Å²) in [6.45, 7) is 4.07. The van der Waals surface area contributed by atoms with Crippen LogP contribution in [0.25, 0.3) is 0 Å². The molecule has 1 N–H and O–H groups in total. The monoisotopic (exact) mass is 252 g/mol. The van der Waals surface area contributed by atoms with Crippen LogP contribution in [0.1, 0.15) is 50.8 Å². The molecule has 0 bridgehead atoms. The van der Waals surface area contributed by atoms with E-state index in [0.717, 1.165) is 23.4 Å². The van der Waals surface area contributed by atoms with Crippen LogP contribution in [0.2, 0.25) is 0 Å². The summed E-state index contributed by atoms with van der Waals surface area (Å²) in [4.78, 5) is 12.6. The molecular weight excluding hydrogens is 232 g/mol. The van der Waals surface area contributed by atoms with E-state index in [0.29, 0.717) is 6.42 Å². The zero-order valence-electron chi connectivity index (χ0n) is 10.5. The molecule has 0 saturated carbocycles. The van der Waals surface area contributed by atoms with Crippen molar-refractivity contribution in [3.63, 3.8) is 0 Å². The fourth-order valence-corrected chi connectivity index (χ4v) is 2.13. The van der Waals surface area contributed by atoms with Gasteiger partial charge in [0.1, 0.15) is 0 Å². The topological polar surface area (TPSA) is 41.5 Å². The van der Waals surface area contributed by atoms with Crippen molar-refractivity contribution >= 4 is 23.0 Å². The summed E-state index contributed by atoms with van der Waals surface area (Å²) >= 11 is 1.63. The van der Waals surface area contributed by atoms with Gasteiger partial charge in [-0.05, 0) is 24.8 Å². The average Bonchev–Trinajstić information content (AvgIpc) is 2.85. The minimum atomic E-state index is 0.0111. The van der Waals surface area contributed by atoms with Crippen molar-refractivity contribution in [2.45, 2.75) is 46.0 Å². The minimum absolute atomic E-state index is 0.0111. The molecule has 0 aromatic carbocycles. The van der Waals surface area contributed by atoms with Crippen LogP contribution in [-0.4, -0.2) is 11.6 Å². The average molecular weight is 252 g/mol. The van der Waals surface area contributed by atoms with Crippen molar-refractivity contribution in [2.24, 2.45) is 5.10 Å². The SMILES string of the molecule is CCCCCCC(=O)N/N=C(\C)c1cccs1. The Kier molecular flexibility index (Phi) is 6.55. The molecule has 0 aliphatic heterocycles. The van der Waals surface area contributed by atoms with Gasteiger partial charge in [0.15, 0.2) is 0 Å². The zero-order chi connectivity index (χ0) is 12.5. The second kappa shape index (κ2) is 8.01. The van der Waals surface area contributed by atoms with E-state index < -0.39 is 0 Å². The van der Waals surface area contributed by atoms with E-state index in [1.807, 2.05) is 24.4 Å². The van der Waals surface area contributed by atoms with E-state index in [-0.39, 0.29) is 5.91 Å². The van der Waals surface area contributed by atoms with E-state index in [1.54, 1.807) is 11.3 Å². The molecule has 1 aromatic rings. The molecule has 0 unspecified atom stereocenters. The minimum Gasteiger partial charge on any atom is -0.273 e. The Bertz CT molecular complexity index is 358. The Morgan fingerprint density at radius 1 is 1.41 bits per heavy atom. The van der Waals surface area contributed by atoms with Gasteiger partial charge in [0.05, 0.1) is 5.71 Å². The van der Waals surface area contributed by atoms with Gasteiger partial charge in [-0.15, -0.1) is 11.3 Å². The predicted molar refractivity (Wildman–Crippen MR) is 73.4 cm³/mol. The molecule has 94 valence electrons. The molecule has 0 aliphatic rings. The fraction of sp³-hybridized carbons (Fsp3) is 0.538. The maximum Gasteiger partial charge on any atom is 0.240 e. The van der Waals surface area contributed by atoms with Crippen LogP contribution in [0.4, 0.5) is 0 Å². The molecule has 1 heterocycles. The third-order valence-electron chi connectivity index (χ3n) is 2.48. The molecule has 4 heteroatoms. The molecule has 1 aromatic heterocycles. The van der Waals surface area contributed by atoms with Crippen LogP contribution in [0.5, 0.6) is 0 Å². The normalized spacial score (nSPS) is 11.5. The Balaban J connectivity index is 2.25. The van der Waals surface area contributed by atoms with Gasteiger partial charge in [0.2, 0.25) is 5.91 Å². The second-order valence-electron chi connectivity index (χ2n) is 4.02. The van der Waals surface area contributed by atoms with Crippen LogP contribution in [0.15, 0.2) is 22.6 Å². The van der Waals surface area contributed by atoms with Crippen LogP contribution in [0.3, 0.4) is 0 Å². The largest absolute Gasteiger partial charge is 0.273 e. The van der Waals surface area contributed by atoms with Gasteiger partial charge in [0.25, 0.3) is 0 Å². The lowest BCUT2D eigenvalue weighted by molar-refractivity contribution is -0.121. The van der Waals surface area contributed by atoms with E-state index in [4.69, 9.17) is 0 Å². The van der Waals surface area contributed by atoms with Crippen molar-refractivity contribution < 1.29 is 4.79 Å². The number of nitrogens with one attached hydrogen (secondary N) is 1. The molecule has 0 saturated heterocycles. The van der Waals surface area contributed by atoms with Crippen molar-refractivity contribution in [1.29, 1.82) is 0 Å². The summed E-state index contributed by atoms with van der Waals surface area (Å²) in [6.07, 6.45) is 5.04. The van der Waals surface area contributed by atoms with Gasteiger partial charge in [-0.3, -0.25) is 4.79 Å². The first-order valence-electron chi connectivity index (χ1n) is 6.11. The lowest BCUT2D eigenvalue weighted by Gasteiger charge is -2.01. The Hall–Kier alpha value is -1.16. The summed E-state index contributed by atoms with van der Waals surface area (Å²) in [7, 11) is 0. The van der Waals surface area contributed by atoms with Crippen LogP contribution in [0, 0.1) is 0 Å². The molecular formula is C13H20N2OS. The quantitative estimate of drug-likeness (QED) is 0.450. The maximum atomic E-state index is 11.5. The molecule has 17 heavy (non-hydrogen) atoms. The third kappa shape index (κ3) is 5.63. The first-order valence-corrected chi connectivity index (χ1v) is 6.99. The standard InChI is InChI=1S/C13H20N2OS/c1-3-4-5-6-9-13(16)15-14-11(2)12-8-7-10-17-12/h7-8,10H,3-6,9H2,1-2H3,(H,15,16)/b14-11+. The number of hydrazone groups is 1. The molecule has 1 rings (SSSR count). The molecule has 0 atom stereocenters. The summed E-state index contributed by atoms with van der Waals surface area (Å²) in [5.74, 6) is 0.0111. The Morgan fingerprint density at radius 2 is 2.24 bits per heavy atom. The number of rotatable bonds is 7. The van der Waals surface area contributed by atoms with Crippen molar-refractivity contribution in [3.05, 3.63) is 22.4 Å². The lowest BCUT2D eigenvalue weighted by Crippen LogP contribution is -2.18. The highest BCUT2D eigenvalue weighted by Gasteiger charge is 2.01. The lowest BCUT2D eigenvalue weighted by atomic mass is 10.1. The highest BCUT2D eigenvalue weighted by atomic mass is 32.1. The summed E-state index contributed by atoms with van der Waals surface area (Å²) in [5.41, 5.74) is 3.47. The van der Waals surface area contributed by atoms with E-state index in [2.05, 4.69) is 17.5 Å². The van der Waals surface area contributed by atoms with E-state index >= 15 is 0 Å². The van der Waals surface area contributed by atoms with Gasteiger partial charge in [-0.2, -0.15) is 5.10 Å². The van der Waals surface area contributed by atoms with Crippen molar-refractivity contribution in [3.8, 4) is 0 Å². The number of amides is 1. The van der Waals surface area contributed by atoms with Gasteiger partial charge < -0.3 is 0 Å². The fourth-order valence-electron chi connectivity index (χ4n) is 1.45. The number of hydrogen-bond donors (Lipinski definition) is 1. The van der Waals surface area contributed by atoms with E-state index in [9.17, 15) is 4.79 Å². The summed E-state index contributed by atoms with van der Waals surface area (Å²) in [5, 5.41) is 6.09. The number of nitrogens with zero attached hydrogens (tertiary/aromatic N) is 1. The summed E-state index contributed by atoms with van der Waals surface area (Å²) in [6, 6.07) is 3.97. The van der Waals surface area contributed by atoms with Gasteiger partial charge >= 0.3 is 0 Å². The van der Waals surface area contributed by atoms with Crippen molar-refractivity contribution in [1.82, 2.24) is 5.43 Å². The van der Waals surface area contributed by atoms with Crippen LogP contribution >= 0.6 is 11.3 Å². The first kappa shape index (κ1) is 13.9. The first-order chi connectivity index (χ1) is 8.24. The molecule has 0 radical (unpaired) electrons. The molecule has 1 amide bonds. The zero-order valence-corrected chi connectivity index (χ0v) is 11.3. The Morgan fingerprint density at radius 3 is 2.88 bits per heavy atom. The number of hydrogen-bond acceptors (Lipinski definition) is 3. The summed E-state index contributed by atoms with van der Waals surface area (Å²) < 4.78 is 0.